The van der Waals surface area contributed by atoms with Gasteiger partial charge >= 0.3 is 10.3 Å². The first-order valence-corrected chi connectivity index (χ1v) is 7.84. The van der Waals surface area contributed by atoms with Crippen molar-refractivity contribution in [3.63, 3.8) is 0 Å². The smallest absolute Gasteiger partial charge is 0.338 e. The zero-order valence-electron chi connectivity index (χ0n) is 11.5. The number of nitrogens with zero attached hydrogens (tertiary/aromatic N) is 1. The van der Waals surface area contributed by atoms with Crippen molar-refractivity contribution in [1.82, 2.24) is 4.31 Å². The van der Waals surface area contributed by atoms with E-state index in [2.05, 4.69) is 0 Å². The monoisotopic (exact) mass is 299 g/mol. The second-order valence-electron chi connectivity index (χ2n) is 4.85. The maximum atomic E-state index is 12.0. The summed E-state index contributed by atoms with van der Waals surface area (Å²) in [5.74, 6) is 1.30. The van der Waals surface area contributed by atoms with Crippen molar-refractivity contribution in [2.45, 2.75) is 18.9 Å². The molecule has 7 heteroatoms. The second-order valence-corrected chi connectivity index (χ2v) is 6.41. The molecule has 0 aliphatic carbocycles. The highest BCUT2D eigenvalue weighted by Crippen LogP contribution is 2.42. The molecule has 20 heavy (non-hydrogen) atoms. The first kappa shape index (κ1) is 13.7. The SMILES string of the molecule is COc1cc2c(cc1OC)C1CCOS(=O)(=O)N1CC2. The standard InChI is InChI=1S/C13H17NO5S/c1-17-12-7-9-3-5-14-11(4-6-19-20(14,15)16)10(9)8-13(12)18-2/h7-8,11H,3-6H2,1-2H3. The van der Waals surface area contributed by atoms with Crippen LogP contribution in [-0.4, -0.2) is 40.1 Å². The van der Waals surface area contributed by atoms with E-state index in [1.54, 1.807) is 14.2 Å². The fraction of sp³-hybridized carbons (Fsp3) is 0.538. The maximum absolute atomic E-state index is 12.0. The van der Waals surface area contributed by atoms with Gasteiger partial charge in [0.05, 0.1) is 26.9 Å². The number of fused-ring (bicyclic) bond motifs is 3. The van der Waals surface area contributed by atoms with Crippen molar-refractivity contribution in [3.05, 3.63) is 23.3 Å². The largest absolute Gasteiger partial charge is 0.493 e. The van der Waals surface area contributed by atoms with Gasteiger partial charge in [0.25, 0.3) is 0 Å². The summed E-state index contributed by atoms with van der Waals surface area (Å²) in [5.41, 5.74) is 2.10. The second kappa shape index (κ2) is 4.91. The van der Waals surface area contributed by atoms with Gasteiger partial charge in [-0.25, -0.2) is 0 Å². The summed E-state index contributed by atoms with van der Waals surface area (Å²) in [6.45, 7) is 0.659. The number of hydrogen-bond acceptors (Lipinski definition) is 5. The Bertz CT molecular complexity index is 628. The Kier molecular flexibility index (Phi) is 3.35. The third-order valence-electron chi connectivity index (χ3n) is 3.86. The molecule has 1 fully saturated rings. The number of benzene rings is 1. The first-order chi connectivity index (χ1) is 9.56. The third kappa shape index (κ3) is 2.06. The van der Waals surface area contributed by atoms with Crippen LogP contribution >= 0.6 is 0 Å². The zero-order chi connectivity index (χ0) is 14.3. The summed E-state index contributed by atoms with van der Waals surface area (Å²) in [6, 6.07) is 3.65. The number of rotatable bonds is 2. The van der Waals surface area contributed by atoms with E-state index >= 15 is 0 Å². The summed E-state index contributed by atoms with van der Waals surface area (Å²) in [6.07, 6.45) is 1.30. The summed E-state index contributed by atoms with van der Waals surface area (Å²) >= 11 is 0. The van der Waals surface area contributed by atoms with Gasteiger partial charge in [-0.1, -0.05) is 0 Å². The lowest BCUT2D eigenvalue weighted by atomic mass is 9.92. The minimum atomic E-state index is -3.60. The molecule has 0 saturated carbocycles. The Morgan fingerprint density at radius 1 is 1.25 bits per heavy atom. The highest BCUT2D eigenvalue weighted by atomic mass is 32.2. The molecule has 0 bridgehead atoms. The van der Waals surface area contributed by atoms with Crippen LogP contribution in [-0.2, 0) is 20.9 Å². The lowest BCUT2D eigenvalue weighted by molar-refractivity contribution is 0.159. The van der Waals surface area contributed by atoms with Gasteiger partial charge in [-0.3, -0.25) is 4.18 Å². The van der Waals surface area contributed by atoms with E-state index in [4.69, 9.17) is 13.7 Å². The Hall–Kier alpha value is -1.31. The van der Waals surface area contributed by atoms with E-state index < -0.39 is 10.3 Å². The van der Waals surface area contributed by atoms with Crippen molar-refractivity contribution < 1.29 is 22.1 Å². The van der Waals surface area contributed by atoms with E-state index in [1.165, 1.54) is 4.31 Å². The molecule has 1 aromatic carbocycles. The van der Waals surface area contributed by atoms with Gasteiger partial charge < -0.3 is 9.47 Å². The predicted molar refractivity (Wildman–Crippen MR) is 72.2 cm³/mol. The summed E-state index contributed by atoms with van der Waals surface area (Å²) in [5, 5.41) is 0. The molecule has 0 radical (unpaired) electrons. The molecular formula is C13H17NO5S. The molecule has 110 valence electrons. The molecule has 0 amide bonds. The normalized spacial score (nSPS) is 24.6. The van der Waals surface area contributed by atoms with Crippen LogP contribution in [0.3, 0.4) is 0 Å². The fourth-order valence-corrected chi connectivity index (χ4v) is 4.19. The molecule has 2 aliphatic rings. The Morgan fingerprint density at radius 3 is 2.65 bits per heavy atom. The molecule has 3 rings (SSSR count). The lowest BCUT2D eigenvalue weighted by Crippen LogP contribution is -2.44. The third-order valence-corrected chi connectivity index (χ3v) is 5.34. The van der Waals surface area contributed by atoms with E-state index in [0.29, 0.717) is 30.9 Å². The van der Waals surface area contributed by atoms with Crippen LogP contribution in [0.1, 0.15) is 23.6 Å². The summed E-state index contributed by atoms with van der Waals surface area (Å²) in [7, 11) is -0.430. The van der Waals surface area contributed by atoms with Gasteiger partial charge in [-0.15, -0.1) is 0 Å². The average molecular weight is 299 g/mol. The lowest BCUT2D eigenvalue weighted by Gasteiger charge is -2.39. The van der Waals surface area contributed by atoms with Crippen molar-refractivity contribution in [1.29, 1.82) is 0 Å². The quantitative estimate of drug-likeness (QED) is 0.823. The number of hydrogen-bond donors (Lipinski definition) is 0. The topological polar surface area (TPSA) is 65.1 Å². The number of methoxy groups -OCH3 is 2. The molecule has 0 N–H and O–H groups in total. The predicted octanol–water partition coefficient (Wildman–Crippen LogP) is 1.27. The van der Waals surface area contributed by atoms with Gasteiger partial charge in [-0.2, -0.15) is 12.7 Å². The van der Waals surface area contributed by atoms with Crippen LogP contribution in [0, 0.1) is 0 Å². The van der Waals surface area contributed by atoms with Crippen LogP contribution in [0.2, 0.25) is 0 Å². The molecule has 1 atom stereocenters. The molecule has 6 nitrogen and oxygen atoms in total. The maximum Gasteiger partial charge on any atom is 0.338 e. The first-order valence-electron chi connectivity index (χ1n) is 6.48. The zero-order valence-corrected chi connectivity index (χ0v) is 12.3. The van der Waals surface area contributed by atoms with Crippen LogP contribution in [0.25, 0.3) is 0 Å². The number of ether oxygens (including phenoxy) is 2. The van der Waals surface area contributed by atoms with Crippen LogP contribution in [0.5, 0.6) is 11.5 Å². The molecule has 1 saturated heterocycles. The van der Waals surface area contributed by atoms with Gasteiger partial charge in [0.15, 0.2) is 11.5 Å². The van der Waals surface area contributed by atoms with Crippen LogP contribution < -0.4 is 9.47 Å². The Morgan fingerprint density at radius 2 is 1.95 bits per heavy atom. The van der Waals surface area contributed by atoms with Crippen molar-refractivity contribution in [2.24, 2.45) is 0 Å². The Labute approximate surface area is 118 Å². The molecule has 1 unspecified atom stereocenters. The van der Waals surface area contributed by atoms with Crippen molar-refractivity contribution in [3.8, 4) is 11.5 Å². The van der Waals surface area contributed by atoms with E-state index in [1.807, 2.05) is 12.1 Å². The van der Waals surface area contributed by atoms with Crippen LogP contribution in [0.4, 0.5) is 0 Å². The van der Waals surface area contributed by atoms with Crippen LogP contribution in [0.15, 0.2) is 12.1 Å². The Balaban J connectivity index is 2.08. The van der Waals surface area contributed by atoms with Gasteiger partial charge in [-0.05, 0) is 36.1 Å². The van der Waals surface area contributed by atoms with E-state index in [9.17, 15) is 8.42 Å². The minimum absolute atomic E-state index is 0.169. The fourth-order valence-electron chi connectivity index (χ4n) is 2.91. The minimum Gasteiger partial charge on any atom is -0.493 e. The van der Waals surface area contributed by atoms with E-state index in [-0.39, 0.29) is 12.6 Å². The highest BCUT2D eigenvalue weighted by Gasteiger charge is 2.40. The van der Waals surface area contributed by atoms with Crippen molar-refractivity contribution in [2.75, 3.05) is 27.4 Å². The molecular weight excluding hydrogens is 282 g/mol. The molecule has 2 heterocycles. The van der Waals surface area contributed by atoms with Gasteiger partial charge in [0.1, 0.15) is 0 Å². The molecule has 1 aromatic rings. The van der Waals surface area contributed by atoms with Gasteiger partial charge in [0.2, 0.25) is 0 Å². The average Bonchev–Trinajstić information content (AvgIpc) is 2.45. The van der Waals surface area contributed by atoms with Gasteiger partial charge in [0, 0.05) is 6.54 Å². The van der Waals surface area contributed by atoms with Crippen molar-refractivity contribution >= 4 is 10.3 Å². The molecule has 2 aliphatic heterocycles. The summed E-state index contributed by atoms with van der Waals surface area (Å²) < 4.78 is 40.8. The molecule has 0 aromatic heterocycles. The highest BCUT2D eigenvalue weighted by molar-refractivity contribution is 7.84. The molecule has 0 spiro atoms. The van der Waals surface area contributed by atoms with E-state index in [0.717, 1.165) is 11.1 Å². The summed E-state index contributed by atoms with van der Waals surface area (Å²) in [4.78, 5) is 0.